The van der Waals surface area contributed by atoms with Crippen molar-refractivity contribution in [2.45, 2.75) is 6.61 Å². The molecule has 148 valence electrons. The lowest BCUT2D eigenvalue weighted by atomic mass is 10.2. The van der Waals surface area contributed by atoms with Crippen molar-refractivity contribution in [3.63, 3.8) is 0 Å². The normalized spacial score (nSPS) is 15.1. The lowest BCUT2D eigenvalue weighted by Gasteiger charge is -2.14. The number of urea groups is 1. The van der Waals surface area contributed by atoms with Crippen LogP contribution < -0.4 is 14.8 Å². The highest BCUT2D eigenvalue weighted by atomic mass is 35.5. The Morgan fingerprint density at radius 2 is 1.90 bits per heavy atom. The minimum Gasteiger partial charge on any atom is -0.493 e. The molecule has 29 heavy (non-hydrogen) atoms. The summed E-state index contributed by atoms with van der Waals surface area (Å²) < 4.78 is 11.3. The van der Waals surface area contributed by atoms with E-state index in [1.807, 2.05) is 0 Å². The van der Waals surface area contributed by atoms with Crippen molar-refractivity contribution >= 4 is 41.3 Å². The molecule has 0 radical (unpaired) electrons. The van der Waals surface area contributed by atoms with E-state index in [0.29, 0.717) is 32.7 Å². The molecule has 0 unspecified atom stereocenters. The van der Waals surface area contributed by atoms with E-state index in [1.54, 1.807) is 36.4 Å². The number of amidine groups is 1. The molecule has 0 atom stereocenters. The number of nitrogens with one attached hydrogen (secondary N) is 1. The van der Waals surface area contributed by atoms with Gasteiger partial charge in [0.2, 0.25) is 0 Å². The molecule has 0 bridgehead atoms. The number of nitrogens with zero attached hydrogens (tertiary/aromatic N) is 4. The molecule has 2 aromatic rings. The number of hydrogen-bond donors (Lipinski definition) is 1. The minimum absolute atomic E-state index is 0.106. The average Bonchev–Trinajstić information content (AvgIpc) is 2.70. The number of para-hydroxylation sites is 1. The number of rotatable bonds is 6. The van der Waals surface area contributed by atoms with Gasteiger partial charge < -0.3 is 9.47 Å². The van der Waals surface area contributed by atoms with Crippen molar-refractivity contribution in [3.8, 4) is 11.5 Å². The Hall–Kier alpha value is -3.23. The Balaban J connectivity index is 1.85. The molecule has 3 rings (SSSR count). The van der Waals surface area contributed by atoms with Crippen LogP contribution in [-0.2, 0) is 6.61 Å². The molecule has 2 amide bonds. The second-order valence-corrected chi connectivity index (χ2v) is 6.45. The van der Waals surface area contributed by atoms with Crippen LogP contribution in [0.4, 0.5) is 4.79 Å². The van der Waals surface area contributed by atoms with Gasteiger partial charge in [-0.2, -0.15) is 5.10 Å². The highest BCUT2D eigenvalue weighted by Crippen LogP contribution is 2.33. The number of amides is 2. The Morgan fingerprint density at radius 3 is 2.62 bits per heavy atom. The molecule has 1 aliphatic rings. The second kappa shape index (κ2) is 9.31. The van der Waals surface area contributed by atoms with Gasteiger partial charge in [0.05, 0.1) is 13.3 Å². The zero-order valence-corrected chi connectivity index (χ0v) is 16.7. The van der Waals surface area contributed by atoms with Gasteiger partial charge in [0.1, 0.15) is 12.3 Å². The molecular weight excluding hydrogens is 417 g/mol. The molecule has 8 nitrogen and oxygen atoms in total. The van der Waals surface area contributed by atoms with Gasteiger partial charge in [0.25, 0.3) is 0 Å². The predicted molar refractivity (Wildman–Crippen MR) is 111 cm³/mol. The summed E-state index contributed by atoms with van der Waals surface area (Å²) in [7, 11) is 1.53. The van der Waals surface area contributed by atoms with E-state index in [1.165, 1.54) is 13.3 Å². The predicted octanol–water partition coefficient (Wildman–Crippen LogP) is 5.00. The largest absolute Gasteiger partial charge is 0.493 e. The van der Waals surface area contributed by atoms with Crippen molar-refractivity contribution in [1.82, 2.24) is 5.32 Å². The fourth-order valence-corrected chi connectivity index (χ4v) is 2.85. The molecular formula is C19H15Cl2N5O3. The first-order valence-corrected chi connectivity index (χ1v) is 9.01. The van der Waals surface area contributed by atoms with Crippen LogP contribution in [0.2, 0.25) is 10.0 Å². The second-order valence-electron chi connectivity index (χ2n) is 5.64. The summed E-state index contributed by atoms with van der Waals surface area (Å²) in [5, 5.41) is 18.2. The van der Waals surface area contributed by atoms with Crippen molar-refractivity contribution < 1.29 is 14.3 Å². The number of carbonyl (C=O) groups excluding carboxylic acids is 1. The molecule has 10 heteroatoms. The van der Waals surface area contributed by atoms with Crippen LogP contribution in [0.15, 0.2) is 69.1 Å². The third-order valence-electron chi connectivity index (χ3n) is 3.77. The van der Waals surface area contributed by atoms with E-state index < -0.39 is 6.03 Å². The lowest BCUT2D eigenvalue weighted by molar-refractivity contribution is 0.251. The summed E-state index contributed by atoms with van der Waals surface area (Å²) >= 11 is 12.4. The maximum absolute atomic E-state index is 11.3. The van der Waals surface area contributed by atoms with E-state index in [2.05, 4.69) is 32.3 Å². The standard InChI is InChI=1S/C19H15Cl2N5O3/c1-11-18(23-19(27)26-24-11)25-22-9-12-5-3-8-16(28-2)17(12)29-10-13-14(20)6-4-7-15(13)21/h3-9H,1,10H2,2H3,(H,23,25,27)/b22-9+. The maximum atomic E-state index is 11.3. The van der Waals surface area contributed by atoms with Crippen LogP contribution in [0.1, 0.15) is 11.1 Å². The first-order valence-electron chi connectivity index (χ1n) is 8.25. The zero-order valence-electron chi connectivity index (χ0n) is 15.2. The molecule has 1 N–H and O–H groups in total. The van der Waals surface area contributed by atoms with Crippen LogP contribution in [0.3, 0.4) is 0 Å². The van der Waals surface area contributed by atoms with Crippen molar-refractivity contribution in [2.24, 2.45) is 20.4 Å². The third-order valence-corrected chi connectivity index (χ3v) is 4.47. The van der Waals surface area contributed by atoms with E-state index in [4.69, 9.17) is 32.7 Å². The molecule has 0 saturated carbocycles. The van der Waals surface area contributed by atoms with Crippen LogP contribution >= 0.6 is 23.2 Å². The molecule has 0 spiro atoms. The van der Waals surface area contributed by atoms with Gasteiger partial charge in [-0.15, -0.1) is 10.2 Å². The van der Waals surface area contributed by atoms with E-state index in [9.17, 15) is 4.79 Å². The Morgan fingerprint density at radius 1 is 1.17 bits per heavy atom. The van der Waals surface area contributed by atoms with Crippen molar-refractivity contribution in [3.05, 3.63) is 69.8 Å². The summed E-state index contributed by atoms with van der Waals surface area (Å²) in [5.74, 6) is 1.03. The summed E-state index contributed by atoms with van der Waals surface area (Å²) in [6, 6.07) is 9.86. The maximum Gasteiger partial charge on any atom is 0.365 e. The van der Waals surface area contributed by atoms with Gasteiger partial charge in [-0.3, -0.25) is 5.32 Å². The van der Waals surface area contributed by atoms with Gasteiger partial charge in [0.15, 0.2) is 17.3 Å². The fraction of sp³-hybridized carbons (Fsp3) is 0.105. The quantitative estimate of drug-likeness (QED) is 0.514. The Kier molecular flexibility index (Phi) is 6.58. The molecule has 2 aromatic carbocycles. The molecule has 0 fully saturated rings. The van der Waals surface area contributed by atoms with E-state index in [-0.39, 0.29) is 18.1 Å². The summed E-state index contributed by atoms with van der Waals surface area (Å²) in [6.07, 6.45) is 1.45. The van der Waals surface area contributed by atoms with Gasteiger partial charge in [-0.25, -0.2) is 4.79 Å². The van der Waals surface area contributed by atoms with Gasteiger partial charge in [-0.1, -0.05) is 47.0 Å². The molecule has 1 heterocycles. The molecule has 0 aliphatic carbocycles. The molecule has 0 aromatic heterocycles. The lowest BCUT2D eigenvalue weighted by Crippen LogP contribution is -2.31. The number of methoxy groups -OCH3 is 1. The number of carbonyl (C=O) groups is 1. The van der Waals surface area contributed by atoms with E-state index >= 15 is 0 Å². The summed E-state index contributed by atoms with van der Waals surface area (Å²) in [4.78, 5) is 11.3. The number of azo groups is 1. The number of benzene rings is 2. The highest BCUT2D eigenvalue weighted by molar-refractivity contribution is 6.35. The minimum atomic E-state index is -0.645. The third kappa shape index (κ3) is 4.98. The monoisotopic (exact) mass is 431 g/mol. The number of ether oxygens (including phenoxy) is 2. The van der Waals surface area contributed by atoms with Crippen molar-refractivity contribution in [1.29, 1.82) is 0 Å². The van der Waals surface area contributed by atoms with Gasteiger partial charge >= 0.3 is 6.03 Å². The van der Waals surface area contributed by atoms with Crippen LogP contribution in [0, 0.1) is 0 Å². The van der Waals surface area contributed by atoms with Crippen LogP contribution in [0.25, 0.3) is 0 Å². The van der Waals surface area contributed by atoms with Crippen LogP contribution in [0.5, 0.6) is 11.5 Å². The Labute approximate surface area is 176 Å². The summed E-state index contributed by atoms with van der Waals surface area (Å²) in [5.41, 5.74) is 1.43. The van der Waals surface area contributed by atoms with Crippen LogP contribution in [-0.4, -0.2) is 25.2 Å². The van der Waals surface area contributed by atoms with Crippen molar-refractivity contribution in [2.75, 3.05) is 7.11 Å². The number of halogens is 2. The van der Waals surface area contributed by atoms with Gasteiger partial charge in [-0.05, 0) is 24.3 Å². The smallest absolute Gasteiger partial charge is 0.365 e. The fourth-order valence-electron chi connectivity index (χ4n) is 2.35. The first kappa shape index (κ1) is 20.5. The van der Waals surface area contributed by atoms with E-state index in [0.717, 1.165) is 0 Å². The SMILES string of the molecule is C=C1N=NC(=O)N/C1=N/N=C/c1cccc(OC)c1OCc1c(Cl)cccc1Cl. The molecule has 1 aliphatic heterocycles. The topological polar surface area (TPSA) is 97.0 Å². The average molecular weight is 432 g/mol. The highest BCUT2D eigenvalue weighted by Gasteiger charge is 2.15. The Bertz CT molecular complexity index is 1030. The zero-order chi connectivity index (χ0) is 20.8. The first-order chi connectivity index (χ1) is 14.0. The number of hydrogen-bond acceptors (Lipinski definition) is 6. The summed E-state index contributed by atoms with van der Waals surface area (Å²) in [6.45, 7) is 3.76. The van der Waals surface area contributed by atoms with Gasteiger partial charge in [0, 0.05) is 21.2 Å². The molecule has 0 saturated heterocycles.